The van der Waals surface area contributed by atoms with Crippen LogP contribution < -0.4 is 9.47 Å². The van der Waals surface area contributed by atoms with Gasteiger partial charge in [-0.2, -0.15) is 0 Å². The molecule has 0 N–H and O–H groups in total. The minimum absolute atomic E-state index is 0.792. The van der Waals surface area contributed by atoms with Gasteiger partial charge in [0.2, 0.25) is 0 Å². The maximum absolute atomic E-state index is 5.26. The summed E-state index contributed by atoms with van der Waals surface area (Å²) in [5.74, 6) is 1.73. The first-order chi connectivity index (χ1) is 15.4. The Labute approximate surface area is 196 Å². The Kier molecular flexibility index (Phi) is 14.6. The molecule has 0 atom stereocenters. The standard InChI is InChI=1S/C25H31NO2.C2H6.C2H2/c1-19(2)20(3)17-26(18-23-11-15-25(28-6)16-12-23)21(4)7-8-22-9-13-24(27-5)14-10-22;2*1-2/h7-16H,4,17-18H2,1-3,5-6H3;1-2H3;1-2H. The first-order valence-electron chi connectivity index (χ1n) is 10.8. The predicted octanol–water partition coefficient (Wildman–Crippen LogP) is 7.36. The lowest BCUT2D eigenvalue weighted by Crippen LogP contribution is -2.23. The molecule has 2 rings (SSSR count). The fourth-order valence-corrected chi connectivity index (χ4v) is 2.67. The van der Waals surface area contributed by atoms with Crippen molar-refractivity contribution in [2.75, 3.05) is 20.8 Å². The summed E-state index contributed by atoms with van der Waals surface area (Å²) in [6, 6.07) is 16.2. The summed E-state index contributed by atoms with van der Waals surface area (Å²) in [5.41, 5.74) is 6.01. The van der Waals surface area contributed by atoms with Crippen molar-refractivity contribution in [1.29, 1.82) is 0 Å². The molecule has 0 aliphatic carbocycles. The molecule has 0 heterocycles. The number of allylic oxidation sites excluding steroid dienone is 2. The highest BCUT2D eigenvalue weighted by atomic mass is 16.5. The minimum Gasteiger partial charge on any atom is -0.497 e. The number of hydrogen-bond donors (Lipinski definition) is 0. The van der Waals surface area contributed by atoms with Gasteiger partial charge >= 0.3 is 0 Å². The molecule has 0 aliphatic heterocycles. The summed E-state index contributed by atoms with van der Waals surface area (Å²) in [5, 5.41) is 0. The fourth-order valence-electron chi connectivity index (χ4n) is 2.67. The van der Waals surface area contributed by atoms with E-state index in [4.69, 9.17) is 9.47 Å². The van der Waals surface area contributed by atoms with Crippen LogP contribution in [0, 0.1) is 12.8 Å². The van der Waals surface area contributed by atoms with Crippen LogP contribution in [0.15, 0.2) is 78.0 Å². The number of methoxy groups -OCH3 is 2. The Balaban J connectivity index is 0.00000227. The first kappa shape index (κ1) is 28.6. The minimum atomic E-state index is 0.792. The SMILES string of the molecule is C#C.C=C(C=Cc1ccc(OC)cc1)N(CC(C)=C(C)C)Cc1ccc(OC)cc1.CC. The lowest BCUT2D eigenvalue weighted by molar-refractivity contribution is 0.376. The first-order valence-corrected chi connectivity index (χ1v) is 10.8. The third-order valence-electron chi connectivity index (χ3n) is 4.80. The van der Waals surface area contributed by atoms with Crippen LogP contribution in [0.25, 0.3) is 6.08 Å². The number of hydrogen-bond acceptors (Lipinski definition) is 3. The highest BCUT2D eigenvalue weighted by Gasteiger charge is 2.09. The highest BCUT2D eigenvalue weighted by Crippen LogP contribution is 2.19. The summed E-state index contributed by atoms with van der Waals surface area (Å²) < 4.78 is 10.5. The highest BCUT2D eigenvalue weighted by molar-refractivity contribution is 5.53. The van der Waals surface area contributed by atoms with E-state index >= 15 is 0 Å². The summed E-state index contributed by atoms with van der Waals surface area (Å²) >= 11 is 0. The molecular weight excluding hydrogens is 394 g/mol. The van der Waals surface area contributed by atoms with Crippen LogP contribution in [-0.2, 0) is 6.54 Å². The molecule has 0 saturated carbocycles. The molecular formula is C29H39NO2. The van der Waals surface area contributed by atoms with E-state index in [1.807, 2.05) is 50.2 Å². The van der Waals surface area contributed by atoms with E-state index < -0.39 is 0 Å². The van der Waals surface area contributed by atoms with E-state index in [-0.39, 0.29) is 0 Å². The molecule has 0 bridgehead atoms. The summed E-state index contributed by atoms with van der Waals surface area (Å²) in [4.78, 5) is 2.30. The second kappa shape index (κ2) is 16.3. The zero-order valence-electron chi connectivity index (χ0n) is 20.8. The topological polar surface area (TPSA) is 21.7 Å². The quantitative estimate of drug-likeness (QED) is 0.234. The Hall–Kier alpha value is -3.38. The molecule has 172 valence electrons. The Bertz CT molecular complexity index is 868. The molecule has 0 radical (unpaired) electrons. The molecule has 32 heavy (non-hydrogen) atoms. The summed E-state index contributed by atoms with van der Waals surface area (Å²) in [6.45, 7) is 16.4. The van der Waals surface area contributed by atoms with Gasteiger partial charge in [-0.25, -0.2) is 0 Å². The van der Waals surface area contributed by atoms with Gasteiger partial charge in [0.25, 0.3) is 0 Å². The summed E-state index contributed by atoms with van der Waals surface area (Å²) in [6.07, 6.45) is 12.2. The van der Waals surface area contributed by atoms with Gasteiger partial charge in [-0.1, -0.05) is 61.9 Å². The van der Waals surface area contributed by atoms with Crippen molar-refractivity contribution in [2.45, 2.75) is 41.2 Å². The van der Waals surface area contributed by atoms with E-state index in [0.29, 0.717) is 0 Å². The van der Waals surface area contributed by atoms with Crippen LogP contribution >= 0.6 is 0 Å². The maximum Gasteiger partial charge on any atom is 0.118 e. The van der Waals surface area contributed by atoms with Crippen molar-refractivity contribution in [1.82, 2.24) is 4.90 Å². The van der Waals surface area contributed by atoms with Gasteiger partial charge in [0.1, 0.15) is 11.5 Å². The van der Waals surface area contributed by atoms with Crippen molar-refractivity contribution in [3.8, 4) is 24.3 Å². The van der Waals surface area contributed by atoms with E-state index in [1.54, 1.807) is 14.2 Å². The second-order valence-corrected chi connectivity index (χ2v) is 7.08. The number of ether oxygens (including phenoxy) is 2. The molecule has 0 unspecified atom stereocenters. The lowest BCUT2D eigenvalue weighted by atomic mass is 10.1. The third kappa shape index (κ3) is 10.1. The van der Waals surface area contributed by atoms with Crippen LogP contribution in [0.2, 0.25) is 0 Å². The maximum atomic E-state index is 5.26. The molecule has 2 aromatic carbocycles. The molecule has 0 saturated heterocycles. The normalized spacial score (nSPS) is 9.53. The molecule has 0 aromatic heterocycles. The second-order valence-electron chi connectivity index (χ2n) is 7.08. The third-order valence-corrected chi connectivity index (χ3v) is 4.80. The van der Waals surface area contributed by atoms with Gasteiger partial charge < -0.3 is 14.4 Å². The monoisotopic (exact) mass is 433 g/mol. The van der Waals surface area contributed by atoms with Gasteiger partial charge in [-0.3, -0.25) is 0 Å². The zero-order valence-corrected chi connectivity index (χ0v) is 20.8. The van der Waals surface area contributed by atoms with Crippen molar-refractivity contribution in [3.05, 3.63) is 89.2 Å². The van der Waals surface area contributed by atoms with Crippen LogP contribution in [0.4, 0.5) is 0 Å². The van der Waals surface area contributed by atoms with Crippen molar-refractivity contribution < 1.29 is 9.47 Å². The molecule has 0 spiro atoms. The number of rotatable bonds is 9. The number of terminal acetylenes is 1. The van der Waals surface area contributed by atoms with Gasteiger partial charge in [0, 0.05) is 18.8 Å². The van der Waals surface area contributed by atoms with Gasteiger partial charge in [-0.05, 0) is 62.2 Å². The molecule has 3 nitrogen and oxygen atoms in total. The fraction of sp³-hybridized carbons (Fsp3) is 0.310. The largest absolute Gasteiger partial charge is 0.497 e. The number of nitrogens with zero attached hydrogens (tertiary/aromatic N) is 1. The average molecular weight is 434 g/mol. The summed E-state index contributed by atoms with van der Waals surface area (Å²) in [7, 11) is 3.36. The Morgan fingerprint density at radius 1 is 0.875 bits per heavy atom. The predicted molar refractivity (Wildman–Crippen MR) is 140 cm³/mol. The Morgan fingerprint density at radius 3 is 1.78 bits per heavy atom. The Morgan fingerprint density at radius 2 is 1.34 bits per heavy atom. The van der Waals surface area contributed by atoms with Crippen molar-refractivity contribution >= 4 is 6.08 Å². The van der Waals surface area contributed by atoms with E-state index in [2.05, 4.69) is 69.4 Å². The van der Waals surface area contributed by atoms with Crippen molar-refractivity contribution in [3.63, 3.8) is 0 Å². The molecule has 2 aromatic rings. The van der Waals surface area contributed by atoms with E-state index in [1.165, 1.54) is 16.7 Å². The van der Waals surface area contributed by atoms with Gasteiger partial charge in [-0.15, -0.1) is 12.8 Å². The smallest absolute Gasteiger partial charge is 0.118 e. The average Bonchev–Trinajstić information content (AvgIpc) is 2.85. The van der Waals surface area contributed by atoms with Crippen LogP contribution in [0.1, 0.15) is 45.7 Å². The molecule has 3 heteroatoms. The van der Waals surface area contributed by atoms with Gasteiger partial charge in [0.05, 0.1) is 14.2 Å². The molecule has 0 amide bonds. The number of benzene rings is 2. The van der Waals surface area contributed by atoms with Gasteiger partial charge in [0.15, 0.2) is 0 Å². The zero-order chi connectivity index (χ0) is 24.5. The molecule has 0 fully saturated rings. The lowest BCUT2D eigenvalue weighted by Gasteiger charge is -2.26. The van der Waals surface area contributed by atoms with E-state index in [0.717, 1.165) is 35.8 Å². The van der Waals surface area contributed by atoms with Crippen LogP contribution in [0.5, 0.6) is 11.5 Å². The van der Waals surface area contributed by atoms with Crippen LogP contribution in [-0.4, -0.2) is 25.7 Å². The van der Waals surface area contributed by atoms with Crippen molar-refractivity contribution in [2.24, 2.45) is 0 Å². The molecule has 0 aliphatic rings. The van der Waals surface area contributed by atoms with Crippen LogP contribution in [0.3, 0.4) is 0 Å². The van der Waals surface area contributed by atoms with E-state index in [9.17, 15) is 0 Å².